The number of benzene rings is 2. The summed E-state index contributed by atoms with van der Waals surface area (Å²) in [5.74, 6) is -1.75. The molecule has 4 rings (SSSR count). The first-order valence-corrected chi connectivity index (χ1v) is 8.62. The van der Waals surface area contributed by atoms with E-state index in [1.165, 1.54) is 6.07 Å². The van der Waals surface area contributed by atoms with E-state index in [1.54, 1.807) is 35.2 Å². The number of halogens is 2. The Morgan fingerprint density at radius 3 is 2.54 bits per heavy atom. The standard InChI is InChI=1S/C19H18F2N4O/c20-15-13(12-7-3-1-4-8-12)11-14-17(16(15)21)23-24-18(14)22-19(26)25-9-5-2-6-10-25/h1,3-4,7-8,11H,2,5-6,9-10H2,(H2,22,23,24,26). The maximum atomic E-state index is 14.5. The normalized spacial score (nSPS) is 14.6. The van der Waals surface area contributed by atoms with Crippen LogP contribution in [-0.2, 0) is 0 Å². The van der Waals surface area contributed by atoms with Crippen LogP contribution in [0.15, 0.2) is 36.4 Å². The summed E-state index contributed by atoms with van der Waals surface area (Å²) in [5, 5.41) is 9.52. The number of hydrogen-bond donors (Lipinski definition) is 2. The first-order valence-electron chi connectivity index (χ1n) is 8.62. The van der Waals surface area contributed by atoms with E-state index in [2.05, 4.69) is 15.5 Å². The van der Waals surface area contributed by atoms with Gasteiger partial charge in [0.25, 0.3) is 0 Å². The zero-order chi connectivity index (χ0) is 18.1. The number of fused-ring (bicyclic) bond motifs is 1. The molecule has 134 valence electrons. The number of H-pyrrole nitrogens is 1. The van der Waals surface area contributed by atoms with Crippen LogP contribution < -0.4 is 5.32 Å². The SMILES string of the molecule is O=C(Nc1n[nH]c2c(F)c(F)c(-c3ccccc3)cc12)N1CCCCC1. The van der Waals surface area contributed by atoms with E-state index in [4.69, 9.17) is 0 Å². The van der Waals surface area contributed by atoms with Crippen LogP contribution in [0.4, 0.5) is 19.4 Å². The molecule has 0 unspecified atom stereocenters. The van der Waals surface area contributed by atoms with Gasteiger partial charge in [-0.3, -0.25) is 10.4 Å². The third-order valence-corrected chi connectivity index (χ3v) is 4.69. The largest absolute Gasteiger partial charge is 0.324 e. The van der Waals surface area contributed by atoms with Crippen LogP contribution in [0.5, 0.6) is 0 Å². The van der Waals surface area contributed by atoms with E-state index < -0.39 is 11.6 Å². The molecule has 7 heteroatoms. The van der Waals surface area contributed by atoms with Crippen LogP contribution in [-0.4, -0.2) is 34.2 Å². The average Bonchev–Trinajstić information content (AvgIpc) is 3.08. The van der Waals surface area contributed by atoms with E-state index in [0.717, 1.165) is 19.3 Å². The molecule has 0 spiro atoms. The van der Waals surface area contributed by atoms with E-state index in [0.29, 0.717) is 24.0 Å². The zero-order valence-corrected chi connectivity index (χ0v) is 14.1. The maximum absolute atomic E-state index is 14.5. The van der Waals surface area contributed by atoms with Gasteiger partial charge in [0.15, 0.2) is 17.5 Å². The number of likely N-dealkylation sites (tertiary alicyclic amines) is 1. The van der Waals surface area contributed by atoms with Crippen molar-refractivity contribution in [3.8, 4) is 11.1 Å². The highest BCUT2D eigenvalue weighted by molar-refractivity contribution is 6.00. The third kappa shape index (κ3) is 2.89. The molecule has 1 aliphatic rings. The second kappa shape index (κ2) is 6.74. The van der Waals surface area contributed by atoms with Crippen LogP contribution in [0.3, 0.4) is 0 Å². The number of rotatable bonds is 2. The lowest BCUT2D eigenvalue weighted by Gasteiger charge is -2.26. The summed E-state index contributed by atoms with van der Waals surface area (Å²) >= 11 is 0. The van der Waals surface area contributed by atoms with Crippen molar-refractivity contribution >= 4 is 22.8 Å². The molecule has 0 radical (unpaired) electrons. The molecule has 2 aromatic carbocycles. The number of hydrogen-bond acceptors (Lipinski definition) is 2. The summed E-state index contributed by atoms with van der Waals surface area (Å²) in [7, 11) is 0. The number of aromatic amines is 1. The highest BCUT2D eigenvalue weighted by atomic mass is 19.2. The van der Waals surface area contributed by atoms with E-state index in [-0.39, 0.29) is 22.9 Å². The van der Waals surface area contributed by atoms with Crippen molar-refractivity contribution in [2.75, 3.05) is 18.4 Å². The highest BCUT2D eigenvalue weighted by Gasteiger charge is 2.22. The fraction of sp³-hybridized carbons (Fsp3) is 0.263. The summed E-state index contributed by atoms with van der Waals surface area (Å²) in [6.07, 6.45) is 3.04. The predicted octanol–water partition coefficient (Wildman–Crippen LogP) is 4.53. The van der Waals surface area contributed by atoms with E-state index in [1.807, 2.05) is 0 Å². The van der Waals surface area contributed by atoms with Crippen molar-refractivity contribution in [3.05, 3.63) is 48.0 Å². The van der Waals surface area contributed by atoms with Gasteiger partial charge >= 0.3 is 6.03 Å². The second-order valence-corrected chi connectivity index (χ2v) is 6.39. The Labute approximate surface area is 149 Å². The number of piperidine rings is 1. The molecule has 1 aliphatic heterocycles. The lowest BCUT2D eigenvalue weighted by Crippen LogP contribution is -2.38. The Morgan fingerprint density at radius 1 is 1.08 bits per heavy atom. The number of anilines is 1. The van der Waals surface area contributed by atoms with Gasteiger partial charge in [-0.25, -0.2) is 13.6 Å². The molecule has 0 saturated carbocycles. The van der Waals surface area contributed by atoms with Crippen molar-refractivity contribution < 1.29 is 13.6 Å². The Morgan fingerprint density at radius 2 is 1.81 bits per heavy atom. The van der Waals surface area contributed by atoms with Crippen molar-refractivity contribution in [2.24, 2.45) is 0 Å². The van der Waals surface area contributed by atoms with Crippen LogP contribution in [0.1, 0.15) is 19.3 Å². The number of nitrogens with one attached hydrogen (secondary N) is 2. The molecule has 26 heavy (non-hydrogen) atoms. The van der Waals surface area contributed by atoms with Crippen molar-refractivity contribution in [3.63, 3.8) is 0 Å². The number of nitrogens with zero attached hydrogens (tertiary/aromatic N) is 2. The quantitative estimate of drug-likeness (QED) is 0.709. The Hall–Kier alpha value is -2.96. The topological polar surface area (TPSA) is 61.0 Å². The molecule has 0 bridgehead atoms. The number of urea groups is 1. The summed E-state index contributed by atoms with van der Waals surface area (Å²) in [6, 6.07) is 9.96. The fourth-order valence-electron chi connectivity index (χ4n) is 3.29. The van der Waals surface area contributed by atoms with Crippen molar-refractivity contribution in [1.82, 2.24) is 15.1 Å². The summed E-state index contributed by atoms with van der Waals surface area (Å²) in [5.41, 5.74) is 0.627. The van der Waals surface area contributed by atoms with Gasteiger partial charge in [-0.15, -0.1) is 0 Å². The molecule has 2 amide bonds. The number of aromatic nitrogens is 2. The smallest absolute Gasteiger partial charge is 0.323 e. The molecule has 0 atom stereocenters. The number of carbonyl (C=O) groups is 1. The lowest BCUT2D eigenvalue weighted by molar-refractivity contribution is 0.200. The first-order chi connectivity index (χ1) is 12.6. The van der Waals surface area contributed by atoms with Gasteiger partial charge in [0.1, 0.15) is 5.52 Å². The van der Waals surface area contributed by atoms with Gasteiger partial charge in [0.2, 0.25) is 0 Å². The summed E-state index contributed by atoms with van der Waals surface area (Å²) < 4.78 is 28.9. The monoisotopic (exact) mass is 356 g/mol. The molecule has 1 fully saturated rings. The number of carbonyl (C=O) groups excluding carboxylic acids is 1. The van der Waals surface area contributed by atoms with Gasteiger partial charge in [0.05, 0.1) is 0 Å². The molecule has 5 nitrogen and oxygen atoms in total. The average molecular weight is 356 g/mol. The molecule has 1 aromatic heterocycles. The predicted molar refractivity (Wildman–Crippen MR) is 95.9 cm³/mol. The van der Waals surface area contributed by atoms with Crippen molar-refractivity contribution in [2.45, 2.75) is 19.3 Å². The maximum Gasteiger partial charge on any atom is 0.323 e. The third-order valence-electron chi connectivity index (χ3n) is 4.69. The van der Waals surface area contributed by atoms with Gasteiger partial charge in [0, 0.05) is 24.0 Å². The first kappa shape index (κ1) is 16.5. The Bertz CT molecular complexity index is 949. The van der Waals surface area contributed by atoms with Crippen LogP contribution >= 0.6 is 0 Å². The molecule has 2 heterocycles. The summed E-state index contributed by atoms with van der Waals surface area (Å²) in [4.78, 5) is 14.1. The van der Waals surface area contributed by atoms with Gasteiger partial charge in [-0.1, -0.05) is 30.3 Å². The Kier molecular flexibility index (Phi) is 4.28. The number of amides is 2. The van der Waals surface area contributed by atoms with Crippen molar-refractivity contribution in [1.29, 1.82) is 0 Å². The molecule has 2 N–H and O–H groups in total. The molecular formula is C19H18F2N4O. The molecule has 0 aliphatic carbocycles. The molecule has 3 aromatic rings. The lowest BCUT2D eigenvalue weighted by atomic mass is 10.0. The van der Waals surface area contributed by atoms with E-state index in [9.17, 15) is 13.6 Å². The fourth-order valence-corrected chi connectivity index (χ4v) is 3.29. The highest BCUT2D eigenvalue weighted by Crippen LogP contribution is 2.33. The van der Waals surface area contributed by atoms with Gasteiger partial charge in [-0.2, -0.15) is 5.10 Å². The minimum absolute atomic E-state index is 0.0591. The van der Waals surface area contributed by atoms with Gasteiger partial charge in [-0.05, 0) is 30.9 Å². The van der Waals surface area contributed by atoms with E-state index >= 15 is 0 Å². The van der Waals surface area contributed by atoms with Crippen LogP contribution in [0.2, 0.25) is 0 Å². The second-order valence-electron chi connectivity index (χ2n) is 6.39. The van der Waals surface area contributed by atoms with Crippen LogP contribution in [0, 0.1) is 11.6 Å². The minimum atomic E-state index is -1.01. The van der Waals surface area contributed by atoms with Crippen LogP contribution in [0.25, 0.3) is 22.0 Å². The molecule has 1 saturated heterocycles. The summed E-state index contributed by atoms with van der Waals surface area (Å²) in [6.45, 7) is 1.37. The zero-order valence-electron chi connectivity index (χ0n) is 14.1. The Balaban J connectivity index is 1.72. The van der Waals surface area contributed by atoms with Gasteiger partial charge < -0.3 is 4.90 Å². The molecular weight excluding hydrogens is 338 g/mol. The minimum Gasteiger partial charge on any atom is -0.324 e.